The van der Waals surface area contributed by atoms with Crippen molar-refractivity contribution in [2.24, 2.45) is 0 Å². The van der Waals surface area contributed by atoms with Gasteiger partial charge in [0, 0.05) is 39.1 Å². The molecule has 0 heterocycles. The van der Waals surface area contributed by atoms with Crippen LogP contribution in [0.5, 0.6) is 0 Å². The minimum Gasteiger partial charge on any atom is -0.383 e. The molecule has 2 amide bonds. The summed E-state index contributed by atoms with van der Waals surface area (Å²) in [6.07, 6.45) is 0.116. The number of methoxy groups -OCH3 is 1. The van der Waals surface area contributed by atoms with E-state index in [1.807, 2.05) is 19.0 Å². The fourth-order valence-corrected chi connectivity index (χ4v) is 2.54. The van der Waals surface area contributed by atoms with Crippen LogP contribution in [-0.4, -0.2) is 46.2 Å². The van der Waals surface area contributed by atoms with Crippen molar-refractivity contribution in [3.8, 4) is 0 Å². The van der Waals surface area contributed by atoms with Gasteiger partial charge in [0.1, 0.15) is 5.82 Å². The average molecular weight is 373 g/mol. The van der Waals surface area contributed by atoms with Crippen molar-refractivity contribution in [3.05, 3.63) is 59.4 Å². The highest BCUT2D eigenvalue weighted by atomic mass is 19.1. The topological polar surface area (TPSA) is 70.7 Å². The minimum atomic E-state index is -0.345. The van der Waals surface area contributed by atoms with Crippen molar-refractivity contribution in [1.82, 2.24) is 5.32 Å². The van der Waals surface area contributed by atoms with Crippen molar-refractivity contribution in [2.45, 2.75) is 6.42 Å². The molecule has 0 aliphatic heterocycles. The van der Waals surface area contributed by atoms with E-state index in [4.69, 9.17) is 4.74 Å². The van der Waals surface area contributed by atoms with E-state index < -0.39 is 0 Å². The zero-order valence-electron chi connectivity index (χ0n) is 15.7. The molecule has 2 N–H and O–H groups in total. The second-order valence-corrected chi connectivity index (χ2v) is 6.23. The Labute approximate surface area is 158 Å². The molecule has 0 atom stereocenters. The van der Waals surface area contributed by atoms with Crippen molar-refractivity contribution < 1.29 is 18.7 Å². The molecule has 0 aliphatic carbocycles. The number of halogens is 1. The highest BCUT2D eigenvalue weighted by molar-refractivity contribution is 6.02. The lowest BCUT2D eigenvalue weighted by atomic mass is 10.1. The molecular formula is C20H24FN3O3. The first-order chi connectivity index (χ1) is 12.9. The van der Waals surface area contributed by atoms with Crippen LogP contribution in [0, 0.1) is 5.82 Å². The van der Waals surface area contributed by atoms with Gasteiger partial charge >= 0.3 is 0 Å². The summed E-state index contributed by atoms with van der Waals surface area (Å²) in [6, 6.07) is 10.9. The molecule has 0 spiro atoms. The van der Waals surface area contributed by atoms with Gasteiger partial charge in [-0.25, -0.2) is 4.39 Å². The summed E-state index contributed by atoms with van der Waals surface area (Å²) in [4.78, 5) is 26.5. The van der Waals surface area contributed by atoms with E-state index in [2.05, 4.69) is 10.6 Å². The quantitative estimate of drug-likeness (QED) is 0.698. The zero-order valence-corrected chi connectivity index (χ0v) is 15.7. The molecule has 0 bridgehead atoms. The highest BCUT2D eigenvalue weighted by Gasteiger charge is 2.15. The smallest absolute Gasteiger partial charge is 0.253 e. The van der Waals surface area contributed by atoms with Crippen LogP contribution < -0.4 is 15.5 Å². The summed E-state index contributed by atoms with van der Waals surface area (Å²) < 4.78 is 17.9. The molecule has 7 heteroatoms. The maximum Gasteiger partial charge on any atom is 0.253 e. The monoisotopic (exact) mass is 373 g/mol. The number of rotatable bonds is 8. The maximum atomic E-state index is 13.0. The van der Waals surface area contributed by atoms with E-state index >= 15 is 0 Å². The normalized spacial score (nSPS) is 10.4. The molecule has 2 aromatic rings. The number of ether oxygens (including phenoxy) is 1. The number of nitrogens with one attached hydrogen (secondary N) is 2. The second kappa shape index (κ2) is 9.68. The first-order valence-corrected chi connectivity index (χ1v) is 8.53. The molecule has 2 aromatic carbocycles. The Hall–Kier alpha value is -2.93. The molecule has 0 radical (unpaired) electrons. The van der Waals surface area contributed by atoms with E-state index in [1.54, 1.807) is 37.4 Å². The van der Waals surface area contributed by atoms with Crippen LogP contribution in [0.25, 0.3) is 0 Å². The van der Waals surface area contributed by atoms with Crippen LogP contribution in [-0.2, 0) is 16.0 Å². The van der Waals surface area contributed by atoms with Crippen LogP contribution in [0.2, 0.25) is 0 Å². The Morgan fingerprint density at radius 2 is 1.81 bits per heavy atom. The van der Waals surface area contributed by atoms with Crippen molar-refractivity contribution in [1.29, 1.82) is 0 Å². The van der Waals surface area contributed by atoms with Gasteiger partial charge in [-0.15, -0.1) is 0 Å². The number of hydrogen-bond acceptors (Lipinski definition) is 4. The first kappa shape index (κ1) is 20.4. The van der Waals surface area contributed by atoms with Crippen molar-refractivity contribution >= 4 is 23.2 Å². The molecule has 0 aromatic heterocycles. The average Bonchev–Trinajstić information content (AvgIpc) is 2.63. The largest absolute Gasteiger partial charge is 0.383 e. The number of nitrogens with zero attached hydrogens (tertiary/aromatic N) is 1. The van der Waals surface area contributed by atoms with Crippen LogP contribution in [0.15, 0.2) is 42.5 Å². The minimum absolute atomic E-state index is 0.116. The van der Waals surface area contributed by atoms with Crippen molar-refractivity contribution in [2.75, 3.05) is 44.6 Å². The van der Waals surface area contributed by atoms with E-state index in [-0.39, 0.29) is 24.1 Å². The summed E-state index contributed by atoms with van der Waals surface area (Å²) in [7, 11) is 5.25. The lowest BCUT2D eigenvalue weighted by molar-refractivity contribution is -0.115. The summed E-state index contributed by atoms with van der Waals surface area (Å²) >= 11 is 0. The van der Waals surface area contributed by atoms with E-state index in [9.17, 15) is 14.0 Å². The Morgan fingerprint density at radius 3 is 2.44 bits per heavy atom. The molecule has 0 aliphatic rings. The third-order valence-corrected chi connectivity index (χ3v) is 3.88. The lowest BCUT2D eigenvalue weighted by Crippen LogP contribution is -2.29. The van der Waals surface area contributed by atoms with Crippen LogP contribution in [0.4, 0.5) is 15.8 Å². The van der Waals surface area contributed by atoms with E-state index in [0.29, 0.717) is 30.0 Å². The molecule has 27 heavy (non-hydrogen) atoms. The SMILES string of the molecule is COCCNC(=O)c1cc(NC(=O)Cc2ccc(F)cc2)ccc1N(C)C. The van der Waals surface area contributed by atoms with Gasteiger partial charge in [-0.1, -0.05) is 12.1 Å². The van der Waals surface area contributed by atoms with Crippen LogP contribution >= 0.6 is 0 Å². The lowest BCUT2D eigenvalue weighted by Gasteiger charge is -2.18. The fourth-order valence-electron chi connectivity index (χ4n) is 2.54. The van der Waals surface area contributed by atoms with Gasteiger partial charge in [0.15, 0.2) is 0 Å². The van der Waals surface area contributed by atoms with Gasteiger partial charge in [0.2, 0.25) is 5.91 Å². The van der Waals surface area contributed by atoms with E-state index in [0.717, 1.165) is 5.69 Å². The zero-order chi connectivity index (χ0) is 19.8. The Bertz CT molecular complexity index is 792. The molecule has 144 valence electrons. The Kier molecular flexibility index (Phi) is 7.31. The number of anilines is 2. The molecule has 2 rings (SSSR count). The molecule has 0 saturated heterocycles. The van der Waals surface area contributed by atoms with Gasteiger partial charge in [-0.3, -0.25) is 9.59 Å². The molecule has 0 unspecified atom stereocenters. The van der Waals surface area contributed by atoms with Crippen LogP contribution in [0.1, 0.15) is 15.9 Å². The number of carbonyl (C=O) groups excluding carboxylic acids is 2. The predicted octanol–water partition coefficient (Wildman–Crippen LogP) is 2.45. The third-order valence-electron chi connectivity index (χ3n) is 3.88. The standard InChI is InChI=1S/C20H24FN3O3/c1-24(2)18-9-8-16(13-17(18)20(26)22-10-11-27-3)23-19(25)12-14-4-6-15(21)7-5-14/h4-9,13H,10-12H2,1-3H3,(H,22,26)(H,23,25). The molecule has 6 nitrogen and oxygen atoms in total. The number of amides is 2. The summed E-state index contributed by atoms with van der Waals surface area (Å²) in [5, 5.41) is 5.56. The van der Waals surface area contributed by atoms with E-state index in [1.165, 1.54) is 12.1 Å². The maximum absolute atomic E-state index is 13.0. The molecule has 0 fully saturated rings. The van der Waals surface area contributed by atoms with Gasteiger partial charge in [0.25, 0.3) is 5.91 Å². The summed E-state index contributed by atoms with van der Waals surface area (Å²) in [5.74, 6) is -0.835. The molecule has 0 saturated carbocycles. The third kappa shape index (κ3) is 6.07. The predicted molar refractivity (Wildman–Crippen MR) is 104 cm³/mol. The highest BCUT2D eigenvalue weighted by Crippen LogP contribution is 2.23. The van der Waals surface area contributed by atoms with Crippen molar-refractivity contribution in [3.63, 3.8) is 0 Å². The summed E-state index contributed by atoms with van der Waals surface area (Å²) in [6.45, 7) is 0.806. The van der Waals surface area contributed by atoms with Gasteiger partial charge in [0.05, 0.1) is 18.6 Å². The first-order valence-electron chi connectivity index (χ1n) is 8.53. The number of hydrogen-bond donors (Lipinski definition) is 2. The van der Waals surface area contributed by atoms with Gasteiger partial charge in [-0.05, 0) is 35.9 Å². The fraction of sp³-hybridized carbons (Fsp3) is 0.300. The Balaban J connectivity index is 2.12. The van der Waals surface area contributed by atoms with Gasteiger partial charge < -0.3 is 20.3 Å². The van der Waals surface area contributed by atoms with Crippen LogP contribution in [0.3, 0.4) is 0 Å². The second-order valence-electron chi connectivity index (χ2n) is 6.23. The van der Waals surface area contributed by atoms with Gasteiger partial charge in [-0.2, -0.15) is 0 Å². The summed E-state index contributed by atoms with van der Waals surface area (Å²) in [5.41, 5.74) is 2.41. The Morgan fingerprint density at radius 1 is 1.11 bits per heavy atom. The number of carbonyl (C=O) groups is 2. The number of benzene rings is 2. The molecular weight excluding hydrogens is 349 g/mol.